The van der Waals surface area contributed by atoms with Gasteiger partial charge in [-0.1, -0.05) is 29.8 Å². The van der Waals surface area contributed by atoms with Gasteiger partial charge in [0.05, 0.1) is 16.9 Å². The molecule has 0 amide bonds. The van der Waals surface area contributed by atoms with Crippen LogP contribution < -0.4 is 5.32 Å². The van der Waals surface area contributed by atoms with Crippen molar-refractivity contribution in [2.75, 3.05) is 5.32 Å². The number of nitrogens with zero attached hydrogens (tertiary/aromatic N) is 2. The first kappa shape index (κ1) is 9.93. The van der Waals surface area contributed by atoms with Crippen LogP contribution in [0.3, 0.4) is 0 Å². The Bertz CT molecular complexity index is 457. The van der Waals surface area contributed by atoms with Crippen molar-refractivity contribution in [3.05, 3.63) is 47.2 Å². The van der Waals surface area contributed by atoms with E-state index in [1.54, 1.807) is 6.20 Å². The van der Waals surface area contributed by atoms with Crippen molar-refractivity contribution in [2.24, 2.45) is 0 Å². The van der Waals surface area contributed by atoms with Gasteiger partial charge in [0.25, 0.3) is 0 Å². The lowest BCUT2D eigenvalue weighted by molar-refractivity contribution is 1.11. The molecule has 0 bridgehead atoms. The lowest BCUT2D eigenvalue weighted by Crippen LogP contribution is -1.98. The zero-order valence-corrected chi connectivity index (χ0v) is 8.99. The van der Waals surface area contributed by atoms with Crippen molar-refractivity contribution < 1.29 is 0 Å². The SMILES string of the molecule is Cc1nc(Nc2ccccc2)ncc1Cl. The Morgan fingerprint density at radius 1 is 1.20 bits per heavy atom. The molecule has 0 aliphatic rings. The minimum atomic E-state index is 0.558. The smallest absolute Gasteiger partial charge is 0.227 e. The fourth-order valence-corrected chi connectivity index (χ4v) is 1.25. The van der Waals surface area contributed by atoms with Crippen molar-refractivity contribution in [3.8, 4) is 0 Å². The summed E-state index contributed by atoms with van der Waals surface area (Å²) in [4.78, 5) is 8.29. The van der Waals surface area contributed by atoms with E-state index in [1.807, 2.05) is 37.3 Å². The molecule has 0 atom stereocenters. The number of benzene rings is 1. The zero-order valence-electron chi connectivity index (χ0n) is 8.24. The minimum absolute atomic E-state index is 0.558. The van der Waals surface area contributed by atoms with Gasteiger partial charge >= 0.3 is 0 Å². The van der Waals surface area contributed by atoms with Gasteiger partial charge in [-0.15, -0.1) is 0 Å². The topological polar surface area (TPSA) is 37.8 Å². The van der Waals surface area contributed by atoms with Gasteiger partial charge in [-0.25, -0.2) is 9.97 Å². The number of anilines is 2. The van der Waals surface area contributed by atoms with Crippen LogP contribution in [0.1, 0.15) is 5.69 Å². The lowest BCUT2D eigenvalue weighted by Gasteiger charge is -2.05. The highest BCUT2D eigenvalue weighted by atomic mass is 35.5. The van der Waals surface area contributed by atoms with Crippen LogP contribution in [0.15, 0.2) is 36.5 Å². The highest BCUT2D eigenvalue weighted by Gasteiger charge is 2.00. The normalized spacial score (nSPS) is 10.0. The van der Waals surface area contributed by atoms with Gasteiger partial charge in [-0.3, -0.25) is 0 Å². The molecule has 76 valence electrons. The first-order chi connectivity index (χ1) is 7.25. The van der Waals surface area contributed by atoms with E-state index in [-0.39, 0.29) is 0 Å². The number of aryl methyl sites for hydroxylation is 1. The molecule has 1 N–H and O–H groups in total. The molecular formula is C11H10ClN3. The van der Waals surface area contributed by atoms with Crippen molar-refractivity contribution in [3.63, 3.8) is 0 Å². The predicted octanol–water partition coefficient (Wildman–Crippen LogP) is 3.18. The maximum Gasteiger partial charge on any atom is 0.227 e. The molecule has 4 heteroatoms. The second-order valence-electron chi connectivity index (χ2n) is 3.12. The average Bonchev–Trinajstić information content (AvgIpc) is 2.25. The molecule has 0 unspecified atom stereocenters. The third kappa shape index (κ3) is 2.44. The van der Waals surface area contributed by atoms with Crippen LogP contribution in [0.4, 0.5) is 11.6 Å². The van der Waals surface area contributed by atoms with Gasteiger partial charge in [0, 0.05) is 5.69 Å². The fraction of sp³-hybridized carbons (Fsp3) is 0.0909. The molecule has 0 aliphatic heterocycles. The molecule has 1 aromatic heterocycles. The summed E-state index contributed by atoms with van der Waals surface area (Å²) in [7, 11) is 0. The summed E-state index contributed by atoms with van der Waals surface area (Å²) >= 11 is 5.83. The Morgan fingerprint density at radius 2 is 1.93 bits per heavy atom. The number of para-hydroxylation sites is 1. The molecule has 2 rings (SSSR count). The maximum atomic E-state index is 5.83. The van der Waals surface area contributed by atoms with Gasteiger partial charge in [0.2, 0.25) is 5.95 Å². The van der Waals surface area contributed by atoms with Crippen LogP contribution in [0, 0.1) is 6.92 Å². The third-order valence-electron chi connectivity index (χ3n) is 1.95. The largest absolute Gasteiger partial charge is 0.324 e. The van der Waals surface area contributed by atoms with Crippen LogP contribution in [0.25, 0.3) is 0 Å². The first-order valence-electron chi connectivity index (χ1n) is 4.57. The molecule has 0 radical (unpaired) electrons. The number of rotatable bonds is 2. The molecule has 0 saturated heterocycles. The van der Waals surface area contributed by atoms with Crippen LogP contribution in [-0.2, 0) is 0 Å². The summed E-state index contributed by atoms with van der Waals surface area (Å²) in [5.74, 6) is 0.558. The van der Waals surface area contributed by atoms with Gasteiger partial charge < -0.3 is 5.32 Å². The second kappa shape index (κ2) is 4.28. The zero-order chi connectivity index (χ0) is 10.7. The molecule has 0 fully saturated rings. The Labute approximate surface area is 93.1 Å². The van der Waals surface area contributed by atoms with E-state index in [9.17, 15) is 0 Å². The summed E-state index contributed by atoms with van der Waals surface area (Å²) in [6, 6.07) is 9.76. The number of hydrogen-bond donors (Lipinski definition) is 1. The standard InChI is InChI=1S/C11H10ClN3/c1-8-10(12)7-13-11(14-8)15-9-5-3-2-4-6-9/h2-7H,1H3,(H,13,14,15). The van der Waals surface area contributed by atoms with Gasteiger partial charge in [0.15, 0.2) is 0 Å². The quantitative estimate of drug-likeness (QED) is 0.843. The summed E-state index contributed by atoms with van der Waals surface area (Å²) in [5, 5.41) is 3.67. The second-order valence-corrected chi connectivity index (χ2v) is 3.53. The highest BCUT2D eigenvalue weighted by molar-refractivity contribution is 6.31. The van der Waals surface area contributed by atoms with Gasteiger partial charge in [-0.2, -0.15) is 0 Å². The van der Waals surface area contributed by atoms with Crippen molar-refractivity contribution in [2.45, 2.75) is 6.92 Å². The van der Waals surface area contributed by atoms with Crippen LogP contribution in [0.2, 0.25) is 5.02 Å². The van der Waals surface area contributed by atoms with E-state index in [1.165, 1.54) is 0 Å². The van der Waals surface area contributed by atoms with E-state index in [4.69, 9.17) is 11.6 Å². The molecule has 0 spiro atoms. The van der Waals surface area contributed by atoms with E-state index < -0.39 is 0 Å². The van der Waals surface area contributed by atoms with Crippen molar-refractivity contribution in [1.29, 1.82) is 0 Å². The molecule has 0 aliphatic carbocycles. The monoisotopic (exact) mass is 219 g/mol. The molecule has 2 aromatic rings. The van der Waals surface area contributed by atoms with Crippen LogP contribution in [0.5, 0.6) is 0 Å². The number of halogens is 1. The molecule has 15 heavy (non-hydrogen) atoms. The highest BCUT2D eigenvalue weighted by Crippen LogP contribution is 2.15. The lowest BCUT2D eigenvalue weighted by atomic mass is 10.3. The Balaban J connectivity index is 2.22. The Kier molecular flexibility index (Phi) is 2.83. The van der Waals surface area contributed by atoms with E-state index >= 15 is 0 Å². The van der Waals surface area contributed by atoms with E-state index in [2.05, 4.69) is 15.3 Å². The van der Waals surface area contributed by atoms with E-state index in [0.717, 1.165) is 11.4 Å². The summed E-state index contributed by atoms with van der Waals surface area (Å²) in [6.07, 6.45) is 1.59. The first-order valence-corrected chi connectivity index (χ1v) is 4.95. The van der Waals surface area contributed by atoms with E-state index in [0.29, 0.717) is 11.0 Å². The average molecular weight is 220 g/mol. The molecule has 1 aromatic carbocycles. The predicted molar refractivity (Wildman–Crippen MR) is 61.5 cm³/mol. The molecular weight excluding hydrogens is 210 g/mol. The maximum absolute atomic E-state index is 5.83. The van der Waals surface area contributed by atoms with Gasteiger partial charge in [0.1, 0.15) is 0 Å². The molecule has 0 saturated carbocycles. The van der Waals surface area contributed by atoms with Gasteiger partial charge in [-0.05, 0) is 19.1 Å². The van der Waals surface area contributed by atoms with Crippen molar-refractivity contribution in [1.82, 2.24) is 9.97 Å². The van der Waals surface area contributed by atoms with Crippen molar-refractivity contribution >= 4 is 23.2 Å². The molecule has 1 heterocycles. The fourth-order valence-electron chi connectivity index (χ4n) is 1.16. The number of aromatic nitrogens is 2. The van der Waals surface area contributed by atoms with Crippen LogP contribution >= 0.6 is 11.6 Å². The molecule has 3 nitrogen and oxygen atoms in total. The van der Waals surface area contributed by atoms with Crippen LogP contribution in [-0.4, -0.2) is 9.97 Å². The summed E-state index contributed by atoms with van der Waals surface area (Å²) in [5.41, 5.74) is 1.73. The summed E-state index contributed by atoms with van der Waals surface area (Å²) in [6.45, 7) is 1.85. The number of nitrogens with one attached hydrogen (secondary N) is 1. The Morgan fingerprint density at radius 3 is 2.60 bits per heavy atom. The summed E-state index contributed by atoms with van der Waals surface area (Å²) < 4.78 is 0. The Hall–Kier alpha value is -1.61. The number of hydrogen-bond acceptors (Lipinski definition) is 3. The third-order valence-corrected chi connectivity index (χ3v) is 2.32. The minimum Gasteiger partial charge on any atom is -0.324 e.